The quantitative estimate of drug-likeness (QED) is 0.704. The predicted molar refractivity (Wildman–Crippen MR) is 70.2 cm³/mol. The lowest BCUT2D eigenvalue weighted by Crippen LogP contribution is -2.26. The Morgan fingerprint density at radius 2 is 2.18 bits per heavy atom. The number of hydrogen-bond donors (Lipinski definition) is 1. The molecule has 0 aliphatic rings. The van der Waals surface area contributed by atoms with Gasteiger partial charge in [0.2, 0.25) is 0 Å². The second-order valence-electron chi connectivity index (χ2n) is 4.87. The molecule has 4 heteroatoms. The van der Waals surface area contributed by atoms with Gasteiger partial charge < -0.3 is 10.1 Å². The zero-order valence-electron chi connectivity index (χ0n) is 11.4. The van der Waals surface area contributed by atoms with Crippen LogP contribution in [-0.4, -0.2) is 36.6 Å². The summed E-state index contributed by atoms with van der Waals surface area (Å²) in [6.45, 7) is 9.31. The van der Waals surface area contributed by atoms with Gasteiger partial charge in [-0.05, 0) is 38.8 Å². The van der Waals surface area contributed by atoms with Crippen molar-refractivity contribution >= 4 is 0 Å². The van der Waals surface area contributed by atoms with E-state index in [1.54, 1.807) is 7.11 Å². The monoisotopic (exact) mass is 239 g/mol. The molecular weight excluding hydrogens is 214 g/mol. The second kappa shape index (κ2) is 7.45. The minimum atomic E-state index is 0.439. The van der Waals surface area contributed by atoms with Gasteiger partial charge in [0.15, 0.2) is 0 Å². The molecule has 0 aliphatic heterocycles. The molecule has 0 saturated heterocycles. The van der Waals surface area contributed by atoms with Crippen molar-refractivity contribution in [2.75, 3.05) is 26.8 Å². The Labute approximate surface area is 104 Å². The second-order valence-corrected chi connectivity index (χ2v) is 4.87. The molecule has 1 N–H and O–H groups in total. The summed E-state index contributed by atoms with van der Waals surface area (Å²) in [5, 5.41) is 7.75. The SMILES string of the molecule is COCCNCC(C)Cc1ccnn1C(C)C. The van der Waals surface area contributed by atoms with Crippen molar-refractivity contribution in [3.05, 3.63) is 18.0 Å². The van der Waals surface area contributed by atoms with E-state index in [2.05, 4.69) is 41.9 Å². The summed E-state index contributed by atoms with van der Waals surface area (Å²) in [4.78, 5) is 0. The molecule has 4 nitrogen and oxygen atoms in total. The Morgan fingerprint density at radius 3 is 2.82 bits per heavy atom. The van der Waals surface area contributed by atoms with Crippen LogP contribution in [0.4, 0.5) is 0 Å². The average molecular weight is 239 g/mol. The van der Waals surface area contributed by atoms with Crippen LogP contribution in [0.5, 0.6) is 0 Å². The van der Waals surface area contributed by atoms with E-state index < -0.39 is 0 Å². The van der Waals surface area contributed by atoms with Crippen molar-refractivity contribution in [3.63, 3.8) is 0 Å². The maximum atomic E-state index is 5.00. The molecule has 1 atom stereocenters. The number of rotatable bonds is 8. The Bertz CT molecular complexity index is 309. The molecule has 0 radical (unpaired) electrons. The van der Waals surface area contributed by atoms with Crippen LogP contribution in [-0.2, 0) is 11.2 Å². The van der Waals surface area contributed by atoms with Gasteiger partial charge in [0.1, 0.15) is 0 Å². The van der Waals surface area contributed by atoms with E-state index in [4.69, 9.17) is 4.74 Å². The first kappa shape index (κ1) is 14.2. The number of aromatic nitrogens is 2. The minimum Gasteiger partial charge on any atom is -0.383 e. The lowest BCUT2D eigenvalue weighted by atomic mass is 10.1. The lowest BCUT2D eigenvalue weighted by molar-refractivity contribution is 0.198. The topological polar surface area (TPSA) is 39.1 Å². The molecule has 0 fully saturated rings. The zero-order valence-corrected chi connectivity index (χ0v) is 11.4. The van der Waals surface area contributed by atoms with E-state index in [0.29, 0.717) is 12.0 Å². The van der Waals surface area contributed by atoms with Gasteiger partial charge in [-0.2, -0.15) is 5.10 Å². The molecule has 98 valence electrons. The Morgan fingerprint density at radius 1 is 1.41 bits per heavy atom. The third-order valence-electron chi connectivity index (χ3n) is 2.77. The van der Waals surface area contributed by atoms with E-state index in [1.807, 2.05) is 6.20 Å². The van der Waals surface area contributed by atoms with Gasteiger partial charge in [0, 0.05) is 31.6 Å². The summed E-state index contributed by atoms with van der Waals surface area (Å²) in [6.07, 6.45) is 2.96. The largest absolute Gasteiger partial charge is 0.383 e. The van der Waals surface area contributed by atoms with Crippen LogP contribution in [0.25, 0.3) is 0 Å². The van der Waals surface area contributed by atoms with Crippen LogP contribution in [0.2, 0.25) is 0 Å². The van der Waals surface area contributed by atoms with Gasteiger partial charge in [-0.1, -0.05) is 6.92 Å². The molecule has 0 aromatic carbocycles. The highest BCUT2D eigenvalue weighted by Crippen LogP contribution is 2.12. The zero-order chi connectivity index (χ0) is 12.7. The molecule has 1 aromatic rings. The smallest absolute Gasteiger partial charge is 0.0587 e. The van der Waals surface area contributed by atoms with Crippen LogP contribution in [0.1, 0.15) is 32.5 Å². The number of hydrogen-bond acceptors (Lipinski definition) is 3. The first-order valence-corrected chi connectivity index (χ1v) is 6.37. The molecule has 0 amide bonds. The van der Waals surface area contributed by atoms with E-state index >= 15 is 0 Å². The molecular formula is C13H25N3O. The van der Waals surface area contributed by atoms with Crippen molar-refractivity contribution in [3.8, 4) is 0 Å². The summed E-state index contributed by atoms with van der Waals surface area (Å²) >= 11 is 0. The Hall–Kier alpha value is -0.870. The van der Waals surface area contributed by atoms with Gasteiger partial charge >= 0.3 is 0 Å². The fourth-order valence-electron chi connectivity index (χ4n) is 1.92. The van der Waals surface area contributed by atoms with E-state index in [1.165, 1.54) is 5.69 Å². The summed E-state index contributed by atoms with van der Waals surface area (Å²) in [5.41, 5.74) is 1.32. The minimum absolute atomic E-state index is 0.439. The third kappa shape index (κ3) is 4.88. The first-order chi connectivity index (χ1) is 8.15. The molecule has 0 spiro atoms. The van der Waals surface area contributed by atoms with Gasteiger partial charge in [-0.25, -0.2) is 0 Å². The molecule has 0 saturated carbocycles. The van der Waals surface area contributed by atoms with Crippen molar-refractivity contribution < 1.29 is 4.74 Å². The first-order valence-electron chi connectivity index (χ1n) is 6.37. The standard InChI is InChI=1S/C13H25N3O/c1-11(2)16-13(5-6-15-16)9-12(3)10-14-7-8-17-4/h5-6,11-12,14H,7-10H2,1-4H3. The highest BCUT2D eigenvalue weighted by molar-refractivity contribution is 5.02. The number of nitrogens with zero attached hydrogens (tertiary/aromatic N) is 2. The summed E-state index contributed by atoms with van der Waals surface area (Å²) in [6, 6.07) is 2.56. The van der Waals surface area contributed by atoms with E-state index in [0.717, 1.165) is 26.1 Å². The number of methoxy groups -OCH3 is 1. The summed E-state index contributed by atoms with van der Waals surface area (Å²) in [7, 11) is 1.73. The highest BCUT2D eigenvalue weighted by Gasteiger charge is 2.09. The van der Waals surface area contributed by atoms with Gasteiger partial charge in [-0.15, -0.1) is 0 Å². The van der Waals surface area contributed by atoms with Crippen molar-refractivity contribution in [1.82, 2.24) is 15.1 Å². The highest BCUT2D eigenvalue weighted by atomic mass is 16.5. The van der Waals surface area contributed by atoms with Crippen LogP contribution < -0.4 is 5.32 Å². The number of nitrogens with one attached hydrogen (secondary N) is 1. The van der Waals surface area contributed by atoms with Crippen LogP contribution in [0.3, 0.4) is 0 Å². The van der Waals surface area contributed by atoms with Crippen LogP contribution in [0, 0.1) is 5.92 Å². The van der Waals surface area contributed by atoms with Crippen LogP contribution in [0.15, 0.2) is 12.3 Å². The molecule has 1 rings (SSSR count). The van der Waals surface area contributed by atoms with E-state index in [-0.39, 0.29) is 0 Å². The average Bonchev–Trinajstić information content (AvgIpc) is 2.72. The van der Waals surface area contributed by atoms with Gasteiger partial charge in [0.25, 0.3) is 0 Å². The molecule has 0 bridgehead atoms. The molecule has 1 unspecified atom stereocenters. The van der Waals surface area contributed by atoms with E-state index in [9.17, 15) is 0 Å². The predicted octanol–water partition coefficient (Wildman–Crippen LogP) is 1.88. The Kier molecular flexibility index (Phi) is 6.22. The van der Waals surface area contributed by atoms with Gasteiger partial charge in [0.05, 0.1) is 6.61 Å². The molecule has 0 aliphatic carbocycles. The number of ether oxygens (including phenoxy) is 1. The van der Waals surface area contributed by atoms with Crippen LogP contribution >= 0.6 is 0 Å². The maximum Gasteiger partial charge on any atom is 0.0587 e. The summed E-state index contributed by atoms with van der Waals surface area (Å²) < 4.78 is 7.11. The van der Waals surface area contributed by atoms with Gasteiger partial charge in [-0.3, -0.25) is 4.68 Å². The molecule has 17 heavy (non-hydrogen) atoms. The summed E-state index contributed by atoms with van der Waals surface area (Å²) in [5.74, 6) is 0.612. The molecule has 1 aromatic heterocycles. The van der Waals surface area contributed by atoms with Crippen molar-refractivity contribution in [1.29, 1.82) is 0 Å². The lowest BCUT2D eigenvalue weighted by Gasteiger charge is -2.15. The molecule has 1 heterocycles. The fraction of sp³-hybridized carbons (Fsp3) is 0.769. The fourth-order valence-corrected chi connectivity index (χ4v) is 1.92. The maximum absolute atomic E-state index is 5.00. The van der Waals surface area contributed by atoms with Crippen molar-refractivity contribution in [2.24, 2.45) is 5.92 Å². The normalized spacial score (nSPS) is 13.2. The third-order valence-corrected chi connectivity index (χ3v) is 2.77. The Balaban J connectivity index is 2.34. The van der Waals surface area contributed by atoms with Crippen molar-refractivity contribution in [2.45, 2.75) is 33.2 Å².